The zero-order valence-corrected chi connectivity index (χ0v) is 11.3. The maximum Gasteiger partial charge on any atom is 0.326 e. The maximum atomic E-state index is 12.4. The summed E-state index contributed by atoms with van der Waals surface area (Å²) < 4.78 is 0. The van der Waals surface area contributed by atoms with Crippen molar-refractivity contribution in [3.63, 3.8) is 0 Å². The topological polar surface area (TPSA) is 110 Å². The summed E-state index contributed by atoms with van der Waals surface area (Å²) >= 11 is 0. The summed E-state index contributed by atoms with van der Waals surface area (Å²) in [5.41, 5.74) is 0. The molecule has 3 unspecified atom stereocenters. The van der Waals surface area contributed by atoms with E-state index in [-0.39, 0.29) is 18.9 Å². The number of urea groups is 1. The van der Waals surface area contributed by atoms with E-state index in [1.807, 2.05) is 0 Å². The van der Waals surface area contributed by atoms with E-state index in [0.717, 1.165) is 4.90 Å². The normalized spacial score (nSPS) is 29.6. The van der Waals surface area contributed by atoms with Crippen molar-refractivity contribution in [2.75, 3.05) is 20.1 Å². The second kappa shape index (κ2) is 5.66. The molecule has 0 aliphatic carbocycles. The molecule has 0 aromatic rings. The van der Waals surface area contributed by atoms with Crippen molar-refractivity contribution in [1.82, 2.24) is 15.1 Å². The van der Waals surface area contributed by atoms with Crippen molar-refractivity contribution >= 4 is 17.9 Å². The molecular formula is C12H19N3O5. The van der Waals surface area contributed by atoms with Gasteiger partial charge in [0.2, 0.25) is 5.91 Å². The van der Waals surface area contributed by atoms with Gasteiger partial charge in [0.25, 0.3) is 0 Å². The van der Waals surface area contributed by atoms with Crippen LogP contribution in [0.2, 0.25) is 0 Å². The minimum atomic E-state index is -1.13. The molecule has 0 bridgehead atoms. The van der Waals surface area contributed by atoms with Gasteiger partial charge in [0.1, 0.15) is 12.1 Å². The van der Waals surface area contributed by atoms with Crippen molar-refractivity contribution in [3.8, 4) is 0 Å². The van der Waals surface area contributed by atoms with Crippen molar-refractivity contribution in [2.24, 2.45) is 0 Å². The van der Waals surface area contributed by atoms with E-state index in [4.69, 9.17) is 5.11 Å². The molecule has 8 nitrogen and oxygen atoms in total. The lowest BCUT2D eigenvalue weighted by Crippen LogP contribution is -2.53. The summed E-state index contributed by atoms with van der Waals surface area (Å²) in [5.74, 6) is -1.38. The fraction of sp³-hybridized carbons (Fsp3) is 0.750. The van der Waals surface area contributed by atoms with Crippen LogP contribution >= 0.6 is 0 Å². The molecule has 3 N–H and O–H groups in total. The molecule has 2 heterocycles. The number of rotatable bonds is 2. The summed E-state index contributed by atoms with van der Waals surface area (Å²) in [4.78, 5) is 37.9. The quantitative estimate of drug-likeness (QED) is 0.592. The van der Waals surface area contributed by atoms with Gasteiger partial charge in [0, 0.05) is 26.6 Å². The van der Waals surface area contributed by atoms with Gasteiger partial charge in [-0.3, -0.25) is 4.79 Å². The Balaban J connectivity index is 2.13. The van der Waals surface area contributed by atoms with Crippen LogP contribution in [0, 0.1) is 0 Å². The summed E-state index contributed by atoms with van der Waals surface area (Å²) in [7, 11) is 1.50. The third-order valence-electron chi connectivity index (χ3n) is 3.86. The largest absolute Gasteiger partial charge is 0.480 e. The lowest BCUT2D eigenvalue weighted by Gasteiger charge is -2.30. The number of nitrogens with zero attached hydrogens (tertiary/aromatic N) is 2. The Bertz CT molecular complexity index is 427. The van der Waals surface area contributed by atoms with Crippen molar-refractivity contribution < 1.29 is 24.6 Å². The highest BCUT2D eigenvalue weighted by Gasteiger charge is 2.44. The number of carbonyl (C=O) groups excluding carboxylic acids is 2. The first kappa shape index (κ1) is 14.6. The highest BCUT2D eigenvalue weighted by molar-refractivity contribution is 5.89. The number of hydrogen-bond acceptors (Lipinski definition) is 4. The van der Waals surface area contributed by atoms with Gasteiger partial charge in [0.15, 0.2) is 0 Å². The standard InChI is InChI=1S/C12H19N3O5/c1-13-10(17)8-3-2-4-14(8)12(20)15-6-7(16)5-9(15)11(18)19/h7-9,16H,2-6H2,1H3,(H,13,17)(H,18,19). The Kier molecular flexibility index (Phi) is 4.12. The SMILES string of the molecule is CNC(=O)C1CCCN1C(=O)N1CC(O)CC1C(=O)O. The molecule has 0 radical (unpaired) electrons. The van der Waals surface area contributed by atoms with E-state index in [2.05, 4.69) is 5.32 Å². The van der Waals surface area contributed by atoms with E-state index in [1.165, 1.54) is 11.9 Å². The Morgan fingerprint density at radius 3 is 2.50 bits per heavy atom. The monoisotopic (exact) mass is 285 g/mol. The highest BCUT2D eigenvalue weighted by atomic mass is 16.4. The second-order valence-corrected chi connectivity index (χ2v) is 5.14. The fourth-order valence-electron chi connectivity index (χ4n) is 2.86. The van der Waals surface area contributed by atoms with Crippen LogP contribution in [0.15, 0.2) is 0 Å². The number of aliphatic carboxylic acids is 1. The Morgan fingerprint density at radius 1 is 1.20 bits per heavy atom. The molecule has 112 valence electrons. The van der Waals surface area contributed by atoms with Crippen LogP contribution in [0.4, 0.5) is 4.79 Å². The molecule has 8 heteroatoms. The molecule has 2 saturated heterocycles. The van der Waals surface area contributed by atoms with Crippen LogP contribution in [0.1, 0.15) is 19.3 Å². The second-order valence-electron chi connectivity index (χ2n) is 5.14. The van der Waals surface area contributed by atoms with Crippen LogP contribution in [0.5, 0.6) is 0 Å². The van der Waals surface area contributed by atoms with Gasteiger partial charge in [-0.25, -0.2) is 9.59 Å². The number of likely N-dealkylation sites (N-methyl/N-ethyl adjacent to an activating group) is 1. The van der Waals surface area contributed by atoms with E-state index >= 15 is 0 Å². The number of amides is 3. The number of hydrogen-bond donors (Lipinski definition) is 3. The van der Waals surface area contributed by atoms with E-state index in [0.29, 0.717) is 19.4 Å². The smallest absolute Gasteiger partial charge is 0.326 e. The van der Waals surface area contributed by atoms with Crippen LogP contribution in [0.25, 0.3) is 0 Å². The highest BCUT2D eigenvalue weighted by Crippen LogP contribution is 2.25. The minimum Gasteiger partial charge on any atom is -0.480 e. The van der Waals surface area contributed by atoms with E-state index in [1.54, 1.807) is 0 Å². The molecular weight excluding hydrogens is 266 g/mol. The van der Waals surface area contributed by atoms with Gasteiger partial charge in [-0.1, -0.05) is 0 Å². The van der Waals surface area contributed by atoms with Crippen LogP contribution in [0.3, 0.4) is 0 Å². The predicted molar refractivity (Wildman–Crippen MR) is 67.9 cm³/mol. The third-order valence-corrected chi connectivity index (χ3v) is 3.86. The van der Waals surface area contributed by atoms with Crippen molar-refractivity contribution in [3.05, 3.63) is 0 Å². The molecule has 2 aliphatic heterocycles. The lowest BCUT2D eigenvalue weighted by atomic mass is 10.2. The summed E-state index contributed by atoms with van der Waals surface area (Å²) in [5, 5.41) is 21.2. The molecule has 2 rings (SSSR count). The lowest BCUT2D eigenvalue weighted by molar-refractivity contribution is -0.141. The summed E-state index contributed by atoms with van der Waals surface area (Å²) in [6.45, 7) is 0.419. The molecule has 0 aromatic heterocycles. The average molecular weight is 285 g/mol. The van der Waals surface area contributed by atoms with Crippen LogP contribution in [-0.2, 0) is 9.59 Å². The molecule has 2 fully saturated rings. The average Bonchev–Trinajstić information content (AvgIpc) is 3.03. The molecule has 2 aliphatic rings. The first-order valence-corrected chi connectivity index (χ1v) is 6.65. The first-order chi connectivity index (χ1) is 9.45. The zero-order chi connectivity index (χ0) is 14.9. The van der Waals surface area contributed by atoms with Gasteiger partial charge in [-0.05, 0) is 12.8 Å². The van der Waals surface area contributed by atoms with Crippen molar-refractivity contribution in [1.29, 1.82) is 0 Å². The Labute approximate surface area is 116 Å². The number of carboxylic acids is 1. The fourth-order valence-corrected chi connectivity index (χ4v) is 2.86. The molecule has 0 aromatic carbocycles. The molecule has 0 spiro atoms. The number of aliphatic hydroxyl groups is 1. The number of aliphatic hydroxyl groups excluding tert-OH is 1. The van der Waals surface area contributed by atoms with E-state index < -0.39 is 30.2 Å². The first-order valence-electron chi connectivity index (χ1n) is 6.65. The van der Waals surface area contributed by atoms with E-state index in [9.17, 15) is 19.5 Å². The number of likely N-dealkylation sites (tertiary alicyclic amines) is 2. The van der Waals surface area contributed by atoms with Gasteiger partial charge in [-0.15, -0.1) is 0 Å². The van der Waals surface area contributed by atoms with Gasteiger partial charge >= 0.3 is 12.0 Å². The number of carbonyl (C=O) groups is 3. The minimum absolute atomic E-state index is 0.00718. The maximum absolute atomic E-state index is 12.4. The van der Waals surface area contributed by atoms with Crippen molar-refractivity contribution in [2.45, 2.75) is 37.5 Å². The molecule has 20 heavy (non-hydrogen) atoms. The molecule has 0 saturated carbocycles. The number of nitrogens with one attached hydrogen (secondary N) is 1. The number of carboxylic acid groups (broad SMARTS) is 1. The third kappa shape index (κ3) is 2.55. The predicted octanol–water partition coefficient (Wildman–Crippen LogP) is -1.16. The van der Waals surface area contributed by atoms with Gasteiger partial charge in [-0.2, -0.15) is 0 Å². The van der Waals surface area contributed by atoms with Gasteiger partial charge in [0.05, 0.1) is 6.10 Å². The van der Waals surface area contributed by atoms with Crippen LogP contribution in [-0.4, -0.2) is 76.2 Å². The zero-order valence-electron chi connectivity index (χ0n) is 11.3. The van der Waals surface area contributed by atoms with Crippen LogP contribution < -0.4 is 5.32 Å². The van der Waals surface area contributed by atoms with Gasteiger partial charge < -0.3 is 25.3 Å². The Morgan fingerprint density at radius 2 is 1.90 bits per heavy atom. The molecule has 3 atom stereocenters. The molecule has 3 amide bonds. The summed E-state index contributed by atoms with van der Waals surface area (Å²) in [6, 6.07) is -2.07. The number of β-amino-alcohol motifs (C(OH)–C–C–N with tert-alkyl or cyclic N) is 1. The summed E-state index contributed by atoms with van der Waals surface area (Å²) in [6.07, 6.45) is 0.470. The Hall–Kier alpha value is -1.83.